The van der Waals surface area contributed by atoms with Gasteiger partial charge in [-0.3, -0.25) is 0 Å². The van der Waals surface area contributed by atoms with E-state index in [4.69, 9.17) is 4.74 Å². The van der Waals surface area contributed by atoms with Gasteiger partial charge < -0.3 is 10.1 Å². The van der Waals surface area contributed by atoms with Gasteiger partial charge in [-0.2, -0.15) is 4.98 Å². The predicted molar refractivity (Wildman–Crippen MR) is 70.5 cm³/mol. The van der Waals surface area contributed by atoms with Crippen LogP contribution >= 0.6 is 0 Å². The lowest BCUT2D eigenvalue weighted by Gasteiger charge is -2.16. The molecule has 1 aromatic rings. The summed E-state index contributed by atoms with van der Waals surface area (Å²) >= 11 is 0. The van der Waals surface area contributed by atoms with Gasteiger partial charge in [-0.25, -0.2) is 4.98 Å². The van der Waals surface area contributed by atoms with Crippen LogP contribution in [0.4, 0.5) is 5.95 Å². The number of aromatic nitrogens is 2. The van der Waals surface area contributed by atoms with Crippen molar-refractivity contribution in [2.24, 2.45) is 5.92 Å². The Morgan fingerprint density at radius 3 is 2.59 bits per heavy atom. The van der Waals surface area contributed by atoms with E-state index in [2.05, 4.69) is 36.1 Å². The molecule has 1 aromatic heterocycles. The Balaban J connectivity index is 2.69. The van der Waals surface area contributed by atoms with Crippen LogP contribution in [-0.2, 0) is 0 Å². The monoisotopic (exact) mass is 237 g/mol. The highest BCUT2D eigenvalue weighted by Gasteiger charge is 2.09. The van der Waals surface area contributed by atoms with E-state index in [-0.39, 0.29) is 6.10 Å². The predicted octanol–water partition coefficient (Wildman–Crippen LogP) is 3.03. The summed E-state index contributed by atoms with van der Waals surface area (Å²) in [5, 5.41) is 3.10. The van der Waals surface area contributed by atoms with E-state index in [1.807, 2.05) is 19.9 Å². The summed E-state index contributed by atoms with van der Waals surface area (Å²) in [6.07, 6.45) is 1.21. The summed E-state index contributed by atoms with van der Waals surface area (Å²) in [6.45, 7) is 11.2. The number of anilines is 1. The second kappa shape index (κ2) is 6.42. The average molecular weight is 237 g/mol. The van der Waals surface area contributed by atoms with Crippen LogP contribution in [0.1, 0.15) is 39.8 Å². The molecule has 1 heterocycles. The summed E-state index contributed by atoms with van der Waals surface area (Å²) < 4.78 is 5.80. The minimum absolute atomic E-state index is 0.179. The number of nitrogens with one attached hydrogen (secondary N) is 1. The molecule has 1 N–H and O–H groups in total. The van der Waals surface area contributed by atoms with Gasteiger partial charge in [-0.05, 0) is 33.1 Å². The van der Waals surface area contributed by atoms with Crippen molar-refractivity contribution in [3.63, 3.8) is 0 Å². The number of hydrogen-bond acceptors (Lipinski definition) is 4. The third kappa shape index (κ3) is 5.02. The van der Waals surface area contributed by atoms with Crippen molar-refractivity contribution < 1.29 is 4.74 Å². The number of hydrogen-bond donors (Lipinski definition) is 1. The average Bonchev–Trinajstić information content (AvgIpc) is 2.14. The molecule has 1 atom stereocenters. The van der Waals surface area contributed by atoms with Crippen LogP contribution in [0.25, 0.3) is 0 Å². The Hall–Kier alpha value is -1.32. The van der Waals surface area contributed by atoms with Crippen LogP contribution in [0.15, 0.2) is 6.07 Å². The van der Waals surface area contributed by atoms with Gasteiger partial charge in [0.15, 0.2) is 0 Å². The van der Waals surface area contributed by atoms with Gasteiger partial charge >= 0.3 is 0 Å². The first kappa shape index (κ1) is 13.7. The number of rotatable bonds is 6. The maximum absolute atomic E-state index is 5.80. The standard InChI is InChI=1S/C13H23N3O/c1-6-14-13-15-10(4)8-12(16-13)17-11(5)7-9(2)3/h8-9,11H,6-7H2,1-5H3,(H,14,15,16). The van der Waals surface area contributed by atoms with Gasteiger partial charge in [0.2, 0.25) is 11.8 Å². The van der Waals surface area contributed by atoms with Crippen molar-refractivity contribution in [3.05, 3.63) is 11.8 Å². The topological polar surface area (TPSA) is 47.0 Å². The zero-order valence-corrected chi connectivity index (χ0v) is 11.4. The lowest BCUT2D eigenvalue weighted by atomic mass is 10.1. The second-order valence-corrected chi connectivity index (χ2v) is 4.76. The number of ether oxygens (including phenoxy) is 1. The molecule has 17 heavy (non-hydrogen) atoms. The Kier molecular flexibility index (Phi) is 5.19. The van der Waals surface area contributed by atoms with Gasteiger partial charge in [0.05, 0.1) is 6.10 Å². The molecule has 0 aliphatic carbocycles. The van der Waals surface area contributed by atoms with Crippen molar-refractivity contribution in [3.8, 4) is 5.88 Å². The maximum Gasteiger partial charge on any atom is 0.226 e. The molecular weight excluding hydrogens is 214 g/mol. The van der Waals surface area contributed by atoms with E-state index >= 15 is 0 Å². The maximum atomic E-state index is 5.80. The highest BCUT2D eigenvalue weighted by molar-refractivity contribution is 5.30. The van der Waals surface area contributed by atoms with Crippen LogP contribution in [0, 0.1) is 12.8 Å². The summed E-state index contributed by atoms with van der Waals surface area (Å²) in [7, 11) is 0. The minimum Gasteiger partial charge on any atom is -0.475 e. The lowest BCUT2D eigenvalue weighted by molar-refractivity contribution is 0.185. The second-order valence-electron chi connectivity index (χ2n) is 4.76. The van der Waals surface area contributed by atoms with E-state index < -0.39 is 0 Å². The molecule has 96 valence electrons. The third-order valence-corrected chi connectivity index (χ3v) is 2.29. The molecule has 0 bridgehead atoms. The highest BCUT2D eigenvalue weighted by Crippen LogP contribution is 2.16. The van der Waals surface area contributed by atoms with Crippen LogP contribution in [0.2, 0.25) is 0 Å². The summed E-state index contributed by atoms with van der Waals surface area (Å²) in [4.78, 5) is 8.62. The Labute approximate surface area is 104 Å². The van der Waals surface area contributed by atoms with Crippen LogP contribution in [0.3, 0.4) is 0 Å². The Bertz CT molecular complexity index is 353. The largest absolute Gasteiger partial charge is 0.475 e. The van der Waals surface area contributed by atoms with E-state index in [9.17, 15) is 0 Å². The molecule has 0 aliphatic rings. The molecule has 0 spiro atoms. The van der Waals surface area contributed by atoms with Crippen molar-refractivity contribution in [2.75, 3.05) is 11.9 Å². The van der Waals surface area contributed by atoms with E-state index in [0.717, 1.165) is 18.7 Å². The van der Waals surface area contributed by atoms with Crippen LogP contribution < -0.4 is 10.1 Å². The van der Waals surface area contributed by atoms with Crippen molar-refractivity contribution in [1.82, 2.24) is 9.97 Å². The third-order valence-electron chi connectivity index (χ3n) is 2.29. The number of aryl methyl sites for hydroxylation is 1. The lowest BCUT2D eigenvalue weighted by Crippen LogP contribution is -2.16. The van der Waals surface area contributed by atoms with Gasteiger partial charge in [0, 0.05) is 18.3 Å². The first-order chi connectivity index (χ1) is 8.01. The zero-order valence-electron chi connectivity index (χ0n) is 11.4. The zero-order chi connectivity index (χ0) is 12.8. The van der Waals surface area contributed by atoms with Crippen molar-refractivity contribution in [1.29, 1.82) is 0 Å². The van der Waals surface area contributed by atoms with E-state index in [1.54, 1.807) is 0 Å². The van der Waals surface area contributed by atoms with Crippen molar-refractivity contribution in [2.45, 2.75) is 47.1 Å². The minimum atomic E-state index is 0.179. The smallest absolute Gasteiger partial charge is 0.226 e. The molecule has 0 aliphatic heterocycles. The highest BCUT2D eigenvalue weighted by atomic mass is 16.5. The normalized spacial score (nSPS) is 12.6. The molecule has 0 fully saturated rings. The summed E-state index contributed by atoms with van der Waals surface area (Å²) in [5.41, 5.74) is 0.919. The molecule has 4 heteroatoms. The first-order valence-electron chi connectivity index (χ1n) is 6.27. The van der Waals surface area contributed by atoms with Crippen LogP contribution in [0.5, 0.6) is 5.88 Å². The Morgan fingerprint density at radius 1 is 1.29 bits per heavy atom. The summed E-state index contributed by atoms with van der Waals surface area (Å²) in [5.74, 6) is 1.92. The van der Waals surface area contributed by atoms with Crippen LogP contribution in [-0.4, -0.2) is 22.6 Å². The Morgan fingerprint density at radius 2 is 2.00 bits per heavy atom. The molecule has 0 radical (unpaired) electrons. The van der Waals surface area contributed by atoms with Gasteiger partial charge in [-0.15, -0.1) is 0 Å². The quantitative estimate of drug-likeness (QED) is 0.826. The summed E-state index contributed by atoms with van der Waals surface area (Å²) in [6, 6.07) is 1.87. The van der Waals surface area contributed by atoms with Gasteiger partial charge in [0.25, 0.3) is 0 Å². The van der Waals surface area contributed by atoms with E-state index in [0.29, 0.717) is 17.7 Å². The van der Waals surface area contributed by atoms with Crippen molar-refractivity contribution >= 4 is 5.95 Å². The fraction of sp³-hybridized carbons (Fsp3) is 0.692. The molecule has 0 amide bonds. The molecule has 0 saturated heterocycles. The molecule has 1 unspecified atom stereocenters. The SMILES string of the molecule is CCNc1nc(C)cc(OC(C)CC(C)C)n1. The molecular formula is C13H23N3O. The van der Waals surface area contributed by atoms with E-state index in [1.165, 1.54) is 0 Å². The molecule has 0 saturated carbocycles. The fourth-order valence-corrected chi connectivity index (χ4v) is 1.76. The molecule has 4 nitrogen and oxygen atoms in total. The first-order valence-corrected chi connectivity index (χ1v) is 6.27. The van der Waals surface area contributed by atoms with Gasteiger partial charge in [0.1, 0.15) is 0 Å². The molecule has 0 aromatic carbocycles. The van der Waals surface area contributed by atoms with Gasteiger partial charge in [-0.1, -0.05) is 13.8 Å². The molecule has 1 rings (SSSR count). The number of nitrogens with zero attached hydrogens (tertiary/aromatic N) is 2. The fourth-order valence-electron chi connectivity index (χ4n) is 1.76.